The Morgan fingerprint density at radius 2 is 1.91 bits per heavy atom. The van der Waals surface area contributed by atoms with E-state index in [0.717, 1.165) is 46.8 Å². The first kappa shape index (κ1) is 21.0. The first-order chi connectivity index (χ1) is 16.1. The fraction of sp³-hybridized carbons (Fsp3) is 0.269. The van der Waals surface area contributed by atoms with Crippen LogP contribution in [-0.4, -0.2) is 26.5 Å². The van der Waals surface area contributed by atoms with Crippen molar-refractivity contribution in [2.75, 3.05) is 10.6 Å². The van der Waals surface area contributed by atoms with Crippen LogP contribution >= 0.6 is 0 Å². The third-order valence-corrected chi connectivity index (χ3v) is 6.27. The maximum atomic E-state index is 12.1. The summed E-state index contributed by atoms with van der Waals surface area (Å²) in [5, 5.41) is 7.89. The Kier molecular flexibility index (Phi) is 5.69. The number of nitrogens with two attached hydrogens (primary N) is 1. The molecule has 2 heterocycles. The lowest BCUT2D eigenvalue weighted by Gasteiger charge is -2.25. The largest absolute Gasteiger partial charge is 0.382 e. The summed E-state index contributed by atoms with van der Waals surface area (Å²) in [6, 6.07) is 16.2. The Morgan fingerprint density at radius 3 is 2.70 bits per heavy atom. The van der Waals surface area contributed by atoms with Gasteiger partial charge in [-0.25, -0.2) is 9.97 Å². The topological polar surface area (TPSA) is 97.9 Å². The van der Waals surface area contributed by atoms with E-state index >= 15 is 0 Å². The number of nitrogens with zero attached hydrogens (tertiary/aromatic N) is 3. The molecule has 33 heavy (non-hydrogen) atoms. The van der Waals surface area contributed by atoms with E-state index in [1.165, 1.54) is 24.8 Å². The number of anilines is 3. The van der Waals surface area contributed by atoms with E-state index in [0.29, 0.717) is 11.6 Å². The van der Waals surface area contributed by atoms with Crippen LogP contribution in [0.4, 0.5) is 17.2 Å². The molecule has 0 unspecified atom stereocenters. The zero-order valence-corrected chi connectivity index (χ0v) is 18.7. The number of amides is 1. The third-order valence-electron chi connectivity index (χ3n) is 6.27. The summed E-state index contributed by atoms with van der Waals surface area (Å²) in [5.74, 6) is 0.322. The SMILES string of the molecule is Cc1cccc(Nc2ncnc3c2ccn3-c2ccc(C(N)=O)c(NC3CCCCC3)c2)c1. The molecule has 1 aliphatic rings. The van der Waals surface area contributed by atoms with E-state index in [9.17, 15) is 4.79 Å². The highest BCUT2D eigenvalue weighted by molar-refractivity contribution is 5.99. The van der Waals surface area contributed by atoms with Crippen LogP contribution in [0.2, 0.25) is 0 Å². The molecule has 0 aliphatic heterocycles. The second-order valence-electron chi connectivity index (χ2n) is 8.71. The molecule has 0 saturated heterocycles. The first-order valence-corrected chi connectivity index (χ1v) is 11.4. The quantitative estimate of drug-likeness (QED) is 0.377. The van der Waals surface area contributed by atoms with Crippen molar-refractivity contribution in [3.63, 3.8) is 0 Å². The van der Waals surface area contributed by atoms with Crippen LogP contribution in [0.15, 0.2) is 61.1 Å². The Bertz CT molecular complexity index is 1310. The number of carbonyl (C=O) groups excluding carboxylic acids is 1. The zero-order chi connectivity index (χ0) is 22.8. The summed E-state index contributed by atoms with van der Waals surface area (Å²) in [4.78, 5) is 21.1. The molecule has 4 aromatic rings. The fourth-order valence-corrected chi connectivity index (χ4v) is 4.60. The Balaban J connectivity index is 1.51. The molecule has 1 aliphatic carbocycles. The first-order valence-electron chi connectivity index (χ1n) is 11.4. The van der Waals surface area contributed by atoms with Gasteiger partial charge in [-0.15, -0.1) is 0 Å². The van der Waals surface area contributed by atoms with Crippen LogP contribution in [-0.2, 0) is 0 Å². The molecule has 5 rings (SSSR count). The van der Waals surface area contributed by atoms with E-state index in [4.69, 9.17) is 5.73 Å². The average molecular weight is 441 g/mol. The van der Waals surface area contributed by atoms with E-state index in [1.54, 1.807) is 12.4 Å². The van der Waals surface area contributed by atoms with Gasteiger partial charge in [-0.1, -0.05) is 31.4 Å². The van der Waals surface area contributed by atoms with Crippen LogP contribution in [0.1, 0.15) is 48.0 Å². The smallest absolute Gasteiger partial charge is 0.250 e. The molecule has 1 amide bonds. The molecule has 0 spiro atoms. The minimum absolute atomic E-state index is 0.362. The van der Waals surface area contributed by atoms with Gasteiger partial charge in [0.1, 0.15) is 17.8 Å². The Morgan fingerprint density at radius 1 is 1.06 bits per heavy atom. The lowest BCUT2D eigenvalue weighted by Crippen LogP contribution is -2.24. The monoisotopic (exact) mass is 440 g/mol. The van der Waals surface area contributed by atoms with Gasteiger partial charge in [0.05, 0.1) is 10.9 Å². The van der Waals surface area contributed by atoms with Gasteiger partial charge in [0.25, 0.3) is 5.91 Å². The van der Waals surface area contributed by atoms with Crippen molar-refractivity contribution < 1.29 is 4.79 Å². The lowest BCUT2D eigenvalue weighted by molar-refractivity contribution is 0.100. The molecule has 4 N–H and O–H groups in total. The van der Waals surface area contributed by atoms with E-state index in [2.05, 4.69) is 39.7 Å². The molecular formula is C26H28N6O. The maximum Gasteiger partial charge on any atom is 0.250 e. The fourth-order valence-electron chi connectivity index (χ4n) is 4.60. The van der Waals surface area contributed by atoms with Crippen molar-refractivity contribution >= 4 is 34.1 Å². The van der Waals surface area contributed by atoms with E-state index < -0.39 is 5.91 Å². The summed E-state index contributed by atoms with van der Waals surface area (Å²) >= 11 is 0. The lowest BCUT2D eigenvalue weighted by atomic mass is 9.95. The number of nitrogens with one attached hydrogen (secondary N) is 2. The predicted molar refractivity (Wildman–Crippen MR) is 132 cm³/mol. The van der Waals surface area contributed by atoms with E-state index in [1.807, 2.05) is 41.1 Å². The predicted octanol–water partition coefficient (Wildman–Crippen LogP) is 5.32. The van der Waals surface area contributed by atoms with Crippen molar-refractivity contribution in [1.29, 1.82) is 0 Å². The molecule has 7 heteroatoms. The van der Waals surface area contributed by atoms with Gasteiger partial charge in [0, 0.05) is 29.3 Å². The van der Waals surface area contributed by atoms with Gasteiger partial charge in [0.15, 0.2) is 0 Å². The highest BCUT2D eigenvalue weighted by atomic mass is 16.1. The number of carbonyl (C=O) groups is 1. The van der Waals surface area contributed by atoms with Gasteiger partial charge in [-0.05, 0) is 61.7 Å². The number of rotatable bonds is 6. The van der Waals surface area contributed by atoms with Gasteiger partial charge >= 0.3 is 0 Å². The molecule has 0 bridgehead atoms. The molecule has 168 valence electrons. The molecule has 2 aromatic carbocycles. The normalized spacial score (nSPS) is 14.3. The summed E-state index contributed by atoms with van der Waals surface area (Å²) in [7, 11) is 0. The second kappa shape index (κ2) is 8.94. The van der Waals surface area contributed by atoms with Crippen LogP contribution in [0.5, 0.6) is 0 Å². The standard InChI is InChI=1S/C26H28N6O/c1-17-6-5-9-19(14-17)31-25-22-12-13-32(26(22)29-16-28-25)20-10-11-21(24(27)33)23(15-20)30-18-7-3-2-4-8-18/h5-6,9-16,18,30H,2-4,7-8H2,1H3,(H2,27,33)(H,28,29,31). The molecule has 1 saturated carbocycles. The van der Waals surface area contributed by atoms with Gasteiger partial charge in [-0.2, -0.15) is 0 Å². The van der Waals surface area contributed by atoms with Crippen LogP contribution < -0.4 is 16.4 Å². The maximum absolute atomic E-state index is 12.1. The minimum atomic E-state index is -0.427. The molecular weight excluding hydrogens is 412 g/mol. The van der Waals surface area contributed by atoms with Crippen molar-refractivity contribution in [3.05, 3.63) is 72.2 Å². The summed E-state index contributed by atoms with van der Waals surface area (Å²) in [6.07, 6.45) is 9.44. The van der Waals surface area contributed by atoms with Crippen molar-refractivity contribution in [2.45, 2.75) is 45.1 Å². The van der Waals surface area contributed by atoms with Gasteiger partial charge in [-0.3, -0.25) is 4.79 Å². The second-order valence-corrected chi connectivity index (χ2v) is 8.71. The Labute approximate surface area is 193 Å². The molecule has 2 aromatic heterocycles. The van der Waals surface area contributed by atoms with Crippen LogP contribution in [0, 0.1) is 6.92 Å². The molecule has 7 nitrogen and oxygen atoms in total. The van der Waals surface area contributed by atoms with E-state index in [-0.39, 0.29) is 0 Å². The zero-order valence-electron chi connectivity index (χ0n) is 18.7. The van der Waals surface area contributed by atoms with Gasteiger partial charge < -0.3 is 20.9 Å². The van der Waals surface area contributed by atoms with Crippen LogP contribution in [0.3, 0.4) is 0 Å². The summed E-state index contributed by atoms with van der Waals surface area (Å²) < 4.78 is 2.01. The number of hydrogen-bond acceptors (Lipinski definition) is 5. The molecule has 0 radical (unpaired) electrons. The molecule has 0 atom stereocenters. The number of primary amides is 1. The third kappa shape index (κ3) is 4.39. The summed E-state index contributed by atoms with van der Waals surface area (Å²) in [6.45, 7) is 2.06. The van der Waals surface area contributed by atoms with Crippen molar-refractivity contribution in [3.8, 4) is 5.69 Å². The number of aromatic nitrogens is 3. The Hall–Kier alpha value is -3.87. The number of hydrogen-bond donors (Lipinski definition) is 3. The van der Waals surface area contributed by atoms with Crippen LogP contribution in [0.25, 0.3) is 16.7 Å². The van der Waals surface area contributed by atoms with Crippen molar-refractivity contribution in [1.82, 2.24) is 14.5 Å². The minimum Gasteiger partial charge on any atom is -0.382 e. The number of aryl methyl sites for hydroxylation is 1. The molecule has 1 fully saturated rings. The average Bonchev–Trinajstić information content (AvgIpc) is 3.25. The number of fused-ring (bicyclic) bond motifs is 1. The number of benzene rings is 2. The highest BCUT2D eigenvalue weighted by Crippen LogP contribution is 2.29. The van der Waals surface area contributed by atoms with Crippen molar-refractivity contribution in [2.24, 2.45) is 5.73 Å². The van der Waals surface area contributed by atoms with Gasteiger partial charge in [0.2, 0.25) is 0 Å². The highest BCUT2D eigenvalue weighted by Gasteiger charge is 2.18. The summed E-state index contributed by atoms with van der Waals surface area (Å²) in [5.41, 5.74) is 10.8.